The Balaban J connectivity index is 3.51. The van der Waals surface area contributed by atoms with Crippen molar-refractivity contribution in [1.82, 2.24) is 4.98 Å². The van der Waals surface area contributed by atoms with Crippen molar-refractivity contribution in [3.63, 3.8) is 0 Å². The van der Waals surface area contributed by atoms with Gasteiger partial charge in [0.1, 0.15) is 16.5 Å². The zero-order valence-corrected chi connectivity index (χ0v) is 8.50. The maximum atomic E-state index is 11.5. The molecule has 0 fully saturated rings. The van der Waals surface area contributed by atoms with E-state index in [0.717, 1.165) is 0 Å². The van der Waals surface area contributed by atoms with E-state index in [2.05, 4.69) is 4.98 Å². The topological polar surface area (TPSA) is 125 Å². The third-order valence-electron chi connectivity index (χ3n) is 1.74. The number of nitrogens with zero attached hydrogens (tertiary/aromatic N) is 1. The van der Waals surface area contributed by atoms with Crippen LogP contribution in [0.15, 0.2) is 11.0 Å². The van der Waals surface area contributed by atoms with Crippen molar-refractivity contribution in [3.8, 4) is 0 Å². The van der Waals surface area contributed by atoms with Crippen LogP contribution in [0, 0.1) is 0 Å². The quantitative estimate of drug-likeness (QED) is 0.618. The average molecular weight is 216 g/mol. The van der Waals surface area contributed by atoms with Crippen molar-refractivity contribution >= 4 is 27.2 Å². The molecule has 1 rings (SSSR count). The van der Waals surface area contributed by atoms with Crippen molar-refractivity contribution in [2.24, 2.45) is 0 Å². The summed E-state index contributed by atoms with van der Waals surface area (Å²) in [5.74, 6) is -0.119. The molecule has 0 radical (unpaired) electrons. The Hall–Kier alpha value is -1.50. The highest BCUT2D eigenvalue weighted by atomic mass is 32.2. The third-order valence-corrected chi connectivity index (χ3v) is 3.57. The zero-order chi connectivity index (χ0) is 10.9. The summed E-state index contributed by atoms with van der Waals surface area (Å²) in [6, 6.07) is 1.28. The van der Waals surface area contributed by atoms with Crippen LogP contribution in [0.2, 0.25) is 0 Å². The predicted octanol–water partition coefficient (Wildman–Crippen LogP) is -0.378. The normalized spacial score (nSPS) is 11.5. The summed E-state index contributed by atoms with van der Waals surface area (Å²) in [6.07, 6.45) is 0. The van der Waals surface area contributed by atoms with E-state index in [-0.39, 0.29) is 28.0 Å². The van der Waals surface area contributed by atoms with E-state index in [4.69, 9.17) is 17.2 Å². The molecule has 1 heterocycles. The second kappa shape index (κ2) is 3.33. The minimum atomic E-state index is -3.44. The number of hydrogen-bond donors (Lipinski definition) is 3. The molecule has 0 atom stereocenters. The van der Waals surface area contributed by atoms with Gasteiger partial charge in [0.25, 0.3) is 0 Å². The van der Waals surface area contributed by atoms with Crippen molar-refractivity contribution in [2.75, 3.05) is 23.0 Å². The number of pyridine rings is 1. The molecule has 78 valence electrons. The first kappa shape index (κ1) is 10.6. The lowest BCUT2D eigenvalue weighted by molar-refractivity contribution is 0.598. The molecule has 0 aliphatic heterocycles. The molecule has 0 aliphatic rings. The summed E-state index contributed by atoms with van der Waals surface area (Å²) in [5, 5.41) is 0. The van der Waals surface area contributed by atoms with E-state index in [1.54, 1.807) is 0 Å². The number of anilines is 3. The number of sulfone groups is 1. The summed E-state index contributed by atoms with van der Waals surface area (Å²) < 4.78 is 23.0. The van der Waals surface area contributed by atoms with Crippen LogP contribution >= 0.6 is 0 Å². The van der Waals surface area contributed by atoms with E-state index < -0.39 is 9.84 Å². The summed E-state index contributed by atoms with van der Waals surface area (Å²) in [5.41, 5.74) is 16.3. The third kappa shape index (κ3) is 1.72. The van der Waals surface area contributed by atoms with Gasteiger partial charge in [-0.1, -0.05) is 6.92 Å². The van der Waals surface area contributed by atoms with Crippen molar-refractivity contribution in [1.29, 1.82) is 0 Å². The van der Waals surface area contributed by atoms with Crippen LogP contribution < -0.4 is 17.2 Å². The Morgan fingerprint density at radius 3 is 2.36 bits per heavy atom. The van der Waals surface area contributed by atoms with Crippen LogP contribution in [-0.4, -0.2) is 19.2 Å². The highest BCUT2D eigenvalue weighted by molar-refractivity contribution is 7.91. The fourth-order valence-electron chi connectivity index (χ4n) is 1.08. The number of hydrogen-bond acceptors (Lipinski definition) is 6. The van der Waals surface area contributed by atoms with Gasteiger partial charge in [0.15, 0.2) is 9.84 Å². The maximum absolute atomic E-state index is 11.5. The fraction of sp³-hybridized carbons (Fsp3) is 0.286. The molecule has 1 aromatic heterocycles. The zero-order valence-electron chi connectivity index (χ0n) is 7.69. The number of nitrogen functional groups attached to an aromatic ring is 3. The minimum absolute atomic E-state index is 0.0388. The summed E-state index contributed by atoms with van der Waals surface area (Å²) in [4.78, 5) is 3.51. The van der Waals surface area contributed by atoms with Crippen molar-refractivity contribution in [3.05, 3.63) is 6.07 Å². The van der Waals surface area contributed by atoms with Crippen molar-refractivity contribution < 1.29 is 8.42 Å². The molecule has 0 saturated carbocycles. The Labute approximate surface area is 82.0 Å². The first-order valence-electron chi connectivity index (χ1n) is 3.92. The van der Waals surface area contributed by atoms with E-state index >= 15 is 0 Å². The fourth-order valence-corrected chi connectivity index (χ4v) is 2.15. The van der Waals surface area contributed by atoms with Crippen LogP contribution in [0.25, 0.3) is 0 Å². The van der Waals surface area contributed by atoms with Gasteiger partial charge in [-0.2, -0.15) is 0 Å². The van der Waals surface area contributed by atoms with Crippen LogP contribution in [0.3, 0.4) is 0 Å². The molecule has 0 amide bonds. The molecule has 1 aromatic rings. The van der Waals surface area contributed by atoms with Crippen LogP contribution in [0.1, 0.15) is 6.92 Å². The van der Waals surface area contributed by atoms with E-state index in [9.17, 15) is 8.42 Å². The highest BCUT2D eigenvalue weighted by Crippen LogP contribution is 2.26. The number of rotatable bonds is 2. The van der Waals surface area contributed by atoms with E-state index in [1.165, 1.54) is 13.0 Å². The smallest absolute Gasteiger partial charge is 0.183 e. The van der Waals surface area contributed by atoms with Gasteiger partial charge in [-0.25, -0.2) is 13.4 Å². The standard InChI is InChI=1S/C7H12N4O2S/c1-2-14(12,13)6-4(8)3-5(9)11-7(6)10/h3H,2H2,1H3,(H6,8,9,10,11). The molecule has 0 aromatic carbocycles. The molecule has 6 nitrogen and oxygen atoms in total. The Bertz CT molecular complexity index is 432. The highest BCUT2D eigenvalue weighted by Gasteiger charge is 2.20. The number of nitrogens with two attached hydrogens (primary N) is 3. The predicted molar refractivity (Wildman–Crippen MR) is 55.2 cm³/mol. The Kier molecular flexibility index (Phi) is 2.52. The van der Waals surface area contributed by atoms with Gasteiger partial charge in [0.2, 0.25) is 0 Å². The Morgan fingerprint density at radius 1 is 1.36 bits per heavy atom. The van der Waals surface area contributed by atoms with Crippen LogP contribution in [0.4, 0.5) is 17.3 Å². The SMILES string of the molecule is CCS(=O)(=O)c1c(N)cc(N)nc1N. The van der Waals surface area contributed by atoms with Gasteiger partial charge in [-0.15, -0.1) is 0 Å². The average Bonchev–Trinajstić information content (AvgIpc) is 2.01. The van der Waals surface area contributed by atoms with Gasteiger partial charge < -0.3 is 17.2 Å². The van der Waals surface area contributed by atoms with Gasteiger partial charge in [0, 0.05) is 6.07 Å². The lowest BCUT2D eigenvalue weighted by Crippen LogP contribution is -2.12. The Morgan fingerprint density at radius 2 is 1.93 bits per heavy atom. The maximum Gasteiger partial charge on any atom is 0.183 e. The van der Waals surface area contributed by atoms with E-state index in [1.807, 2.05) is 0 Å². The summed E-state index contributed by atoms with van der Waals surface area (Å²) >= 11 is 0. The summed E-state index contributed by atoms with van der Waals surface area (Å²) in [6.45, 7) is 1.50. The lowest BCUT2D eigenvalue weighted by atomic mass is 10.4. The van der Waals surface area contributed by atoms with Gasteiger partial charge in [0.05, 0.1) is 11.4 Å². The summed E-state index contributed by atoms with van der Waals surface area (Å²) in [7, 11) is -3.44. The van der Waals surface area contributed by atoms with Crippen LogP contribution in [0.5, 0.6) is 0 Å². The molecular formula is C7H12N4O2S. The van der Waals surface area contributed by atoms with Gasteiger partial charge in [-0.05, 0) is 0 Å². The van der Waals surface area contributed by atoms with Crippen LogP contribution in [-0.2, 0) is 9.84 Å². The van der Waals surface area contributed by atoms with Crippen molar-refractivity contribution in [2.45, 2.75) is 11.8 Å². The minimum Gasteiger partial charge on any atom is -0.397 e. The molecular weight excluding hydrogens is 204 g/mol. The second-order valence-corrected chi connectivity index (χ2v) is 4.97. The monoisotopic (exact) mass is 216 g/mol. The molecule has 0 saturated heterocycles. The second-order valence-electron chi connectivity index (χ2n) is 2.75. The van der Waals surface area contributed by atoms with Gasteiger partial charge >= 0.3 is 0 Å². The molecule has 0 aliphatic carbocycles. The first-order valence-corrected chi connectivity index (χ1v) is 5.58. The molecule has 7 heteroatoms. The molecule has 0 unspecified atom stereocenters. The van der Waals surface area contributed by atoms with E-state index in [0.29, 0.717) is 0 Å². The van der Waals surface area contributed by atoms with Gasteiger partial charge in [-0.3, -0.25) is 0 Å². The molecule has 0 spiro atoms. The molecule has 0 bridgehead atoms. The first-order chi connectivity index (χ1) is 6.38. The lowest BCUT2D eigenvalue weighted by Gasteiger charge is -2.08. The molecule has 6 N–H and O–H groups in total. The number of aromatic nitrogens is 1. The largest absolute Gasteiger partial charge is 0.397 e. The molecule has 14 heavy (non-hydrogen) atoms.